The van der Waals surface area contributed by atoms with E-state index in [1.165, 1.54) is 0 Å². The number of fused-ring (bicyclic) bond motifs is 1. The third-order valence-electron chi connectivity index (χ3n) is 5.43. The number of hydrogen-bond donors (Lipinski definition) is 1. The van der Waals surface area contributed by atoms with Gasteiger partial charge < -0.3 is 19.5 Å². The van der Waals surface area contributed by atoms with Gasteiger partial charge in [0.25, 0.3) is 5.91 Å². The third kappa shape index (κ3) is 4.66. The first kappa shape index (κ1) is 21.0. The molecule has 1 heterocycles. The summed E-state index contributed by atoms with van der Waals surface area (Å²) in [6.07, 6.45) is 0.0652. The first-order valence-corrected chi connectivity index (χ1v) is 10.0. The van der Waals surface area contributed by atoms with Crippen LogP contribution in [0.15, 0.2) is 30.3 Å². The molecule has 0 bridgehead atoms. The number of amides is 1. The molecule has 29 heavy (non-hydrogen) atoms. The quantitative estimate of drug-likeness (QED) is 0.787. The Labute approximate surface area is 173 Å². The molecule has 156 valence electrons. The van der Waals surface area contributed by atoms with Gasteiger partial charge in [-0.15, -0.1) is 0 Å². The highest BCUT2D eigenvalue weighted by Crippen LogP contribution is 2.41. The van der Waals surface area contributed by atoms with Crippen molar-refractivity contribution in [2.75, 3.05) is 7.11 Å². The van der Waals surface area contributed by atoms with E-state index in [9.17, 15) is 4.79 Å². The molecule has 1 aliphatic heterocycles. The van der Waals surface area contributed by atoms with Crippen LogP contribution in [-0.2, 0) is 4.79 Å². The van der Waals surface area contributed by atoms with E-state index in [2.05, 4.69) is 18.3 Å². The molecular formula is C24H31NO4. The number of ether oxygens (including phenoxy) is 3. The van der Waals surface area contributed by atoms with Crippen LogP contribution in [0.25, 0.3) is 0 Å². The summed E-state index contributed by atoms with van der Waals surface area (Å²) in [5, 5.41) is 3.15. The maximum absolute atomic E-state index is 12.9. The normalized spacial score (nSPS) is 18.2. The SMILES string of the molecule is COc1ccc2c(c1)OC(C)(C)C[C@@H]2NC(=O)[C@@H](C)Oc1cc(C)cc(C)c1C. The average molecular weight is 398 g/mol. The van der Waals surface area contributed by atoms with Crippen LogP contribution >= 0.6 is 0 Å². The molecule has 2 aromatic carbocycles. The molecule has 0 aliphatic carbocycles. The maximum atomic E-state index is 12.9. The van der Waals surface area contributed by atoms with E-state index in [4.69, 9.17) is 14.2 Å². The largest absolute Gasteiger partial charge is 0.497 e. The van der Waals surface area contributed by atoms with Crippen molar-refractivity contribution in [2.24, 2.45) is 0 Å². The van der Waals surface area contributed by atoms with E-state index in [0.717, 1.165) is 39.5 Å². The second-order valence-corrected chi connectivity index (χ2v) is 8.50. The lowest BCUT2D eigenvalue weighted by atomic mass is 9.89. The Morgan fingerprint density at radius 2 is 1.93 bits per heavy atom. The monoisotopic (exact) mass is 397 g/mol. The summed E-state index contributed by atoms with van der Waals surface area (Å²) in [6.45, 7) is 11.9. The van der Waals surface area contributed by atoms with Crippen molar-refractivity contribution in [3.63, 3.8) is 0 Å². The zero-order chi connectivity index (χ0) is 21.3. The molecular weight excluding hydrogens is 366 g/mol. The van der Waals surface area contributed by atoms with E-state index >= 15 is 0 Å². The third-order valence-corrected chi connectivity index (χ3v) is 5.43. The predicted octanol–water partition coefficient (Wildman–Crippen LogP) is 4.81. The lowest BCUT2D eigenvalue weighted by molar-refractivity contribution is -0.128. The fourth-order valence-corrected chi connectivity index (χ4v) is 3.74. The number of benzene rings is 2. The molecule has 0 aromatic heterocycles. The van der Waals surface area contributed by atoms with Crippen molar-refractivity contribution in [1.29, 1.82) is 0 Å². The molecule has 5 heteroatoms. The van der Waals surface area contributed by atoms with E-state index in [1.54, 1.807) is 14.0 Å². The fourth-order valence-electron chi connectivity index (χ4n) is 3.74. The minimum absolute atomic E-state index is 0.145. The summed E-state index contributed by atoms with van der Waals surface area (Å²) in [6, 6.07) is 9.65. The van der Waals surface area contributed by atoms with Crippen LogP contribution in [-0.4, -0.2) is 24.7 Å². The topological polar surface area (TPSA) is 56.8 Å². The van der Waals surface area contributed by atoms with Crippen LogP contribution in [0.3, 0.4) is 0 Å². The summed E-state index contributed by atoms with van der Waals surface area (Å²) in [7, 11) is 1.63. The molecule has 0 radical (unpaired) electrons. The molecule has 0 saturated heterocycles. The van der Waals surface area contributed by atoms with Crippen molar-refractivity contribution >= 4 is 5.91 Å². The number of methoxy groups -OCH3 is 1. The van der Waals surface area contributed by atoms with Crippen molar-refractivity contribution in [3.05, 3.63) is 52.6 Å². The number of carbonyl (C=O) groups is 1. The first-order chi connectivity index (χ1) is 13.6. The van der Waals surface area contributed by atoms with Crippen LogP contribution in [0.1, 0.15) is 55.5 Å². The average Bonchev–Trinajstić information content (AvgIpc) is 2.64. The summed E-state index contributed by atoms with van der Waals surface area (Å²) >= 11 is 0. The summed E-state index contributed by atoms with van der Waals surface area (Å²) in [5.74, 6) is 2.08. The highest BCUT2D eigenvalue weighted by Gasteiger charge is 2.35. The summed E-state index contributed by atoms with van der Waals surface area (Å²) in [5.41, 5.74) is 3.88. The minimum Gasteiger partial charge on any atom is -0.497 e. The highest BCUT2D eigenvalue weighted by molar-refractivity contribution is 5.81. The van der Waals surface area contributed by atoms with Crippen LogP contribution in [0, 0.1) is 20.8 Å². The van der Waals surface area contributed by atoms with Crippen LogP contribution in [0.2, 0.25) is 0 Å². The van der Waals surface area contributed by atoms with Gasteiger partial charge in [0.05, 0.1) is 13.2 Å². The fraction of sp³-hybridized carbons (Fsp3) is 0.458. The molecule has 0 spiro atoms. The number of hydrogen-bond acceptors (Lipinski definition) is 4. The van der Waals surface area contributed by atoms with Crippen molar-refractivity contribution in [2.45, 2.75) is 65.7 Å². The van der Waals surface area contributed by atoms with Crippen molar-refractivity contribution in [1.82, 2.24) is 5.32 Å². The van der Waals surface area contributed by atoms with Gasteiger partial charge in [-0.05, 0) is 76.4 Å². The van der Waals surface area contributed by atoms with E-state index in [1.807, 2.05) is 52.0 Å². The zero-order valence-electron chi connectivity index (χ0n) is 18.4. The molecule has 1 aliphatic rings. The van der Waals surface area contributed by atoms with Gasteiger partial charge in [0, 0.05) is 18.1 Å². The molecule has 0 fully saturated rings. The van der Waals surface area contributed by atoms with Crippen LogP contribution < -0.4 is 19.5 Å². The van der Waals surface area contributed by atoms with E-state index in [0.29, 0.717) is 6.42 Å². The molecule has 0 saturated carbocycles. The minimum atomic E-state index is -0.609. The number of aryl methyl sites for hydroxylation is 2. The molecule has 2 aromatic rings. The molecule has 1 amide bonds. The van der Waals surface area contributed by atoms with Gasteiger partial charge in [-0.1, -0.05) is 6.07 Å². The lowest BCUT2D eigenvalue weighted by Gasteiger charge is -2.38. The van der Waals surface area contributed by atoms with E-state index < -0.39 is 11.7 Å². The molecule has 5 nitrogen and oxygen atoms in total. The molecule has 2 atom stereocenters. The second kappa shape index (κ2) is 7.97. The van der Waals surface area contributed by atoms with Gasteiger partial charge >= 0.3 is 0 Å². The summed E-state index contributed by atoms with van der Waals surface area (Å²) in [4.78, 5) is 12.9. The Balaban J connectivity index is 1.78. The maximum Gasteiger partial charge on any atom is 0.261 e. The lowest BCUT2D eigenvalue weighted by Crippen LogP contribution is -2.44. The van der Waals surface area contributed by atoms with Crippen LogP contribution in [0.4, 0.5) is 0 Å². The van der Waals surface area contributed by atoms with Gasteiger partial charge in [-0.25, -0.2) is 0 Å². The molecule has 1 N–H and O–H groups in total. The van der Waals surface area contributed by atoms with Crippen molar-refractivity contribution < 1.29 is 19.0 Å². The van der Waals surface area contributed by atoms with Crippen LogP contribution in [0.5, 0.6) is 17.2 Å². The Kier molecular flexibility index (Phi) is 5.78. The van der Waals surface area contributed by atoms with Gasteiger partial charge in [0.1, 0.15) is 22.8 Å². The number of carbonyl (C=O) groups excluding carboxylic acids is 1. The number of rotatable bonds is 5. The Bertz CT molecular complexity index is 919. The Morgan fingerprint density at radius 1 is 1.21 bits per heavy atom. The number of nitrogens with one attached hydrogen (secondary N) is 1. The Morgan fingerprint density at radius 3 is 2.62 bits per heavy atom. The second-order valence-electron chi connectivity index (χ2n) is 8.50. The van der Waals surface area contributed by atoms with Gasteiger partial charge in [-0.2, -0.15) is 0 Å². The van der Waals surface area contributed by atoms with Crippen molar-refractivity contribution in [3.8, 4) is 17.2 Å². The smallest absolute Gasteiger partial charge is 0.261 e. The summed E-state index contributed by atoms with van der Waals surface area (Å²) < 4.78 is 17.4. The van der Waals surface area contributed by atoms with Gasteiger partial charge in [0.15, 0.2) is 6.10 Å². The molecule has 3 rings (SSSR count). The molecule has 0 unspecified atom stereocenters. The Hall–Kier alpha value is -2.69. The van der Waals surface area contributed by atoms with Gasteiger partial charge in [-0.3, -0.25) is 4.79 Å². The van der Waals surface area contributed by atoms with E-state index in [-0.39, 0.29) is 11.9 Å². The van der Waals surface area contributed by atoms with Gasteiger partial charge in [0.2, 0.25) is 0 Å². The standard InChI is InChI=1S/C24H31NO4/c1-14-10-15(2)16(3)21(11-14)28-17(4)23(26)25-20-13-24(5,6)29-22-12-18(27-7)8-9-19(20)22/h8-12,17,20H,13H2,1-7H3,(H,25,26)/t17-,20+/m1/s1. The zero-order valence-corrected chi connectivity index (χ0v) is 18.4. The highest BCUT2D eigenvalue weighted by atomic mass is 16.5. The first-order valence-electron chi connectivity index (χ1n) is 10.0. The predicted molar refractivity (Wildman–Crippen MR) is 114 cm³/mol.